The molecule has 0 radical (unpaired) electrons. The topological polar surface area (TPSA) is 63.3 Å². The van der Waals surface area contributed by atoms with Gasteiger partial charge in [0.2, 0.25) is 0 Å². The van der Waals surface area contributed by atoms with Crippen LogP contribution in [0.2, 0.25) is 0 Å². The standard InChI is InChI=1S/C5H11NO2S2.CH4/c1-10-4(9)2-3(6)5(7)8;/h3-4,9H,2,6H2,1H3,(H,7,8);1H4. The molecule has 11 heavy (non-hydrogen) atoms. The van der Waals surface area contributed by atoms with Crippen molar-refractivity contribution in [2.75, 3.05) is 6.26 Å². The van der Waals surface area contributed by atoms with E-state index in [0.717, 1.165) is 0 Å². The highest BCUT2D eigenvalue weighted by atomic mass is 32.2. The minimum absolute atomic E-state index is 0. The normalized spacial score (nSPS) is 14.8. The lowest BCUT2D eigenvalue weighted by Crippen LogP contribution is -2.31. The van der Waals surface area contributed by atoms with Gasteiger partial charge in [0.25, 0.3) is 0 Å². The Kier molecular flexibility index (Phi) is 8.49. The average Bonchev–Trinajstić information content (AvgIpc) is 1.87. The number of nitrogens with two attached hydrogens (primary N) is 1. The number of rotatable bonds is 4. The molecule has 0 aromatic rings. The molecule has 0 aliphatic rings. The average molecular weight is 197 g/mol. The third-order valence-electron chi connectivity index (χ3n) is 1.04. The Labute approximate surface area is 77.1 Å². The van der Waals surface area contributed by atoms with E-state index < -0.39 is 12.0 Å². The zero-order valence-corrected chi connectivity index (χ0v) is 7.36. The fourth-order valence-corrected chi connectivity index (χ4v) is 1.04. The highest BCUT2D eigenvalue weighted by Crippen LogP contribution is 2.15. The lowest BCUT2D eigenvalue weighted by molar-refractivity contribution is -0.138. The van der Waals surface area contributed by atoms with Crippen LogP contribution in [0.3, 0.4) is 0 Å². The molecule has 0 bridgehead atoms. The maximum atomic E-state index is 10.2. The van der Waals surface area contributed by atoms with Crippen molar-refractivity contribution in [1.29, 1.82) is 0 Å². The number of hydrogen-bond acceptors (Lipinski definition) is 4. The Morgan fingerprint density at radius 1 is 1.82 bits per heavy atom. The first kappa shape index (κ1) is 13.7. The molecule has 0 saturated carbocycles. The van der Waals surface area contributed by atoms with E-state index >= 15 is 0 Å². The first-order chi connectivity index (χ1) is 4.57. The summed E-state index contributed by atoms with van der Waals surface area (Å²) in [7, 11) is 0. The number of carboxylic acid groups (broad SMARTS) is 1. The van der Waals surface area contributed by atoms with Gasteiger partial charge in [-0.3, -0.25) is 4.79 Å². The van der Waals surface area contributed by atoms with Gasteiger partial charge in [-0.2, -0.15) is 24.4 Å². The van der Waals surface area contributed by atoms with Crippen LogP contribution in [-0.2, 0) is 4.79 Å². The van der Waals surface area contributed by atoms with Gasteiger partial charge in [-0.1, -0.05) is 7.43 Å². The van der Waals surface area contributed by atoms with E-state index in [-0.39, 0.29) is 12.0 Å². The number of carbonyl (C=O) groups is 1. The van der Waals surface area contributed by atoms with Crippen LogP contribution in [0.5, 0.6) is 0 Å². The van der Waals surface area contributed by atoms with Gasteiger partial charge >= 0.3 is 5.97 Å². The summed E-state index contributed by atoms with van der Waals surface area (Å²) in [5, 5.41) is 8.36. The van der Waals surface area contributed by atoms with Crippen LogP contribution < -0.4 is 5.73 Å². The zero-order chi connectivity index (χ0) is 8.15. The molecule has 2 atom stereocenters. The smallest absolute Gasteiger partial charge is 0.320 e. The van der Waals surface area contributed by atoms with Crippen molar-refractivity contribution in [3.8, 4) is 0 Å². The first-order valence-corrected chi connectivity index (χ1v) is 4.57. The highest BCUT2D eigenvalue weighted by molar-refractivity contribution is 8.09. The molecule has 0 aromatic heterocycles. The van der Waals surface area contributed by atoms with Gasteiger partial charge in [-0.25, -0.2) is 0 Å². The van der Waals surface area contributed by atoms with E-state index in [4.69, 9.17) is 10.8 Å². The third kappa shape index (κ3) is 6.52. The van der Waals surface area contributed by atoms with Crippen molar-refractivity contribution in [2.24, 2.45) is 5.73 Å². The molecule has 0 spiro atoms. The van der Waals surface area contributed by atoms with Crippen molar-refractivity contribution in [1.82, 2.24) is 0 Å². The summed E-state index contributed by atoms with van der Waals surface area (Å²) in [6.45, 7) is 0. The molecule has 3 N–H and O–H groups in total. The summed E-state index contributed by atoms with van der Waals surface area (Å²) >= 11 is 5.57. The second kappa shape index (κ2) is 6.82. The van der Waals surface area contributed by atoms with Crippen LogP contribution in [0.15, 0.2) is 0 Å². The molecule has 5 heteroatoms. The number of aliphatic carboxylic acids is 1. The molecule has 3 nitrogen and oxygen atoms in total. The molecule has 0 aliphatic heterocycles. The summed E-state index contributed by atoms with van der Waals surface area (Å²) in [5.41, 5.74) is 5.23. The van der Waals surface area contributed by atoms with Crippen LogP contribution in [0.4, 0.5) is 0 Å². The van der Waals surface area contributed by atoms with Crippen molar-refractivity contribution >= 4 is 30.4 Å². The van der Waals surface area contributed by atoms with E-state index in [2.05, 4.69) is 12.6 Å². The second-order valence-corrected chi connectivity index (χ2v) is 3.88. The summed E-state index contributed by atoms with van der Waals surface area (Å²) in [6, 6.07) is -0.782. The van der Waals surface area contributed by atoms with E-state index in [1.165, 1.54) is 11.8 Å². The fourth-order valence-electron chi connectivity index (χ4n) is 0.414. The molecule has 0 rings (SSSR count). The van der Waals surface area contributed by atoms with Gasteiger partial charge < -0.3 is 10.8 Å². The van der Waals surface area contributed by atoms with Gasteiger partial charge in [-0.05, 0) is 12.7 Å². The van der Waals surface area contributed by atoms with Crippen LogP contribution in [-0.4, -0.2) is 28.0 Å². The Balaban J connectivity index is 0. The molecule has 0 saturated heterocycles. The predicted molar refractivity (Wildman–Crippen MR) is 53.2 cm³/mol. The van der Waals surface area contributed by atoms with Crippen LogP contribution in [0.1, 0.15) is 13.8 Å². The third-order valence-corrected chi connectivity index (χ3v) is 2.62. The van der Waals surface area contributed by atoms with Gasteiger partial charge in [0.05, 0.1) is 0 Å². The molecular weight excluding hydrogens is 182 g/mol. The molecular formula is C6H15NO2S2. The van der Waals surface area contributed by atoms with Gasteiger partial charge in [0.15, 0.2) is 0 Å². The Bertz CT molecular complexity index is 121. The quantitative estimate of drug-likeness (QED) is 0.465. The maximum absolute atomic E-state index is 10.2. The van der Waals surface area contributed by atoms with Gasteiger partial charge in [-0.15, -0.1) is 0 Å². The monoisotopic (exact) mass is 197 g/mol. The molecule has 0 amide bonds. The minimum atomic E-state index is -0.965. The summed E-state index contributed by atoms with van der Waals surface area (Å²) in [6.07, 6.45) is 2.27. The van der Waals surface area contributed by atoms with Crippen LogP contribution in [0, 0.1) is 0 Å². The highest BCUT2D eigenvalue weighted by Gasteiger charge is 2.14. The van der Waals surface area contributed by atoms with Crippen molar-refractivity contribution in [3.63, 3.8) is 0 Å². The number of thiol groups is 1. The largest absolute Gasteiger partial charge is 0.480 e. The van der Waals surface area contributed by atoms with Gasteiger partial charge in [0.1, 0.15) is 6.04 Å². The lowest BCUT2D eigenvalue weighted by atomic mass is 10.2. The maximum Gasteiger partial charge on any atom is 0.320 e. The fraction of sp³-hybridized carbons (Fsp3) is 0.833. The SMILES string of the molecule is C.CSC(S)CC(N)C(=O)O. The van der Waals surface area contributed by atoms with Crippen molar-refractivity contribution < 1.29 is 9.90 Å². The predicted octanol–water partition coefficient (Wildman–Crippen LogP) is 1.04. The number of thioether (sulfide) groups is 1. The Morgan fingerprint density at radius 3 is 2.55 bits per heavy atom. The number of hydrogen-bond donors (Lipinski definition) is 3. The molecule has 0 fully saturated rings. The molecule has 0 aliphatic carbocycles. The second-order valence-electron chi connectivity index (χ2n) is 1.87. The van der Waals surface area contributed by atoms with E-state index in [9.17, 15) is 4.79 Å². The van der Waals surface area contributed by atoms with Crippen molar-refractivity contribution in [2.45, 2.75) is 24.5 Å². The molecule has 0 heterocycles. The Hall–Kier alpha value is 0.130. The summed E-state index contributed by atoms with van der Waals surface area (Å²) in [5.74, 6) is -0.965. The summed E-state index contributed by atoms with van der Waals surface area (Å²) in [4.78, 5) is 10.2. The summed E-state index contributed by atoms with van der Waals surface area (Å²) < 4.78 is 0.0195. The lowest BCUT2D eigenvalue weighted by Gasteiger charge is -2.09. The minimum Gasteiger partial charge on any atom is -0.480 e. The molecule has 68 valence electrons. The van der Waals surface area contributed by atoms with E-state index in [0.29, 0.717) is 6.42 Å². The zero-order valence-electron chi connectivity index (χ0n) is 5.65. The van der Waals surface area contributed by atoms with E-state index in [1.54, 1.807) is 0 Å². The van der Waals surface area contributed by atoms with E-state index in [1.807, 2.05) is 6.26 Å². The van der Waals surface area contributed by atoms with Crippen LogP contribution in [0.25, 0.3) is 0 Å². The molecule has 2 unspecified atom stereocenters. The number of carboxylic acids is 1. The van der Waals surface area contributed by atoms with Crippen LogP contribution >= 0.6 is 24.4 Å². The first-order valence-electron chi connectivity index (χ1n) is 2.77. The van der Waals surface area contributed by atoms with Crippen molar-refractivity contribution in [3.05, 3.63) is 0 Å². The Morgan fingerprint density at radius 2 is 2.27 bits per heavy atom. The van der Waals surface area contributed by atoms with Gasteiger partial charge in [0, 0.05) is 4.58 Å². The molecule has 0 aromatic carbocycles.